The number of amides is 1. The maximum Gasteiger partial charge on any atom is 0.270 e. The number of aromatic nitrogens is 2. The molecule has 1 amide bonds. The molecule has 0 bridgehead atoms. The van der Waals surface area contributed by atoms with E-state index in [0.717, 1.165) is 41.0 Å². The van der Waals surface area contributed by atoms with Gasteiger partial charge in [-0.25, -0.2) is 4.98 Å². The van der Waals surface area contributed by atoms with Crippen LogP contribution < -0.4 is 10.2 Å². The van der Waals surface area contributed by atoms with Crippen molar-refractivity contribution in [1.82, 2.24) is 14.9 Å². The van der Waals surface area contributed by atoms with Crippen LogP contribution in [0.4, 0.5) is 5.69 Å². The fourth-order valence-electron chi connectivity index (χ4n) is 4.45. The van der Waals surface area contributed by atoms with Crippen molar-refractivity contribution in [2.75, 3.05) is 19.0 Å². The van der Waals surface area contributed by atoms with Crippen LogP contribution in [0.3, 0.4) is 0 Å². The predicted octanol–water partition coefficient (Wildman–Crippen LogP) is 6.57. The summed E-state index contributed by atoms with van der Waals surface area (Å²) in [4.78, 5) is 21.1. The molecule has 1 atom stereocenters. The highest BCUT2D eigenvalue weighted by atomic mass is 16.2. The zero-order valence-electron chi connectivity index (χ0n) is 21.0. The molecule has 35 heavy (non-hydrogen) atoms. The lowest BCUT2D eigenvalue weighted by atomic mass is 10.0. The Balaban J connectivity index is 1.84. The Morgan fingerprint density at radius 1 is 0.914 bits per heavy atom. The van der Waals surface area contributed by atoms with Gasteiger partial charge in [0.2, 0.25) is 0 Å². The Morgan fingerprint density at radius 3 is 2.20 bits per heavy atom. The molecule has 0 saturated heterocycles. The first-order valence-corrected chi connectivity index (χ1v) is 12.3. The third-order valence-electron chi connectivity index (χ3n) is 6.25. The van der Waals surface area contributed by atoms with Crippen molar-refractivity contribution in [3.63, 3.8) is 0 Å². The summed E-state index contributed by atoms with van der Waals surface area (Å²) < 4.78 is 2.04. The number of carbonyl (C=O) groups is 1. The molecule has 4 aromatic rings. The topological polar surface area (TPSA) is 50.2 Å². The lowest BCUT2D eigenvalue weighted by Gasteiger charge is -2.20. The highest BCUT2D eigenvalue weighted by molar-refractivity contribution is 6.00. The molecule has 0 aliphatic carbocycles. The molecule has 5 nitrogen and oxygen atoms in total. The third-order valence-corrected chi connectivity index (χ3v) is 6.25. The number of nitrogens with zero attached hydrogens (tertiary/aromatic N) is 3. The van der Waals surface area contributed by atoms with Crippen molar-refractivity contribution in [3.8, 4) is 22.6 Å². The summed E-state index contributed by atoms with van der Waals surface area (Å²) >= 11 is 0. The van der Waals surface area contributed by atoms with E-state index in [1.54, 1.807) is 0 Å². The Kier molecular flexibility index (Phi) is 7.66. The normalized spacial score (nSPS) is 11.8. The van der Waals surface area contributed by atoms with E-state index in [1.165, 1.54) is 0 Å². The second-order valence-electron chi connectivity index (χ2n) is 8.91. The SMILES string of the molecule is CCCC(NC(=O)c1c(-c2cccc(N(C)C)c2)nc(-c2ccccc2)n1CC)c1ccccc1. The molecule has 1 heterocycles. The number of anilines is 1. The van der Waals surface area contributed by atoms with E-state index >= 15 is 0 Å². The maximum absolute atomic E-state index is 14.0. The summed E-state index contributed by atoms with van der Waals surface area (Å²) in [5.74, 6) is 0.698. The van der Waals surface area contributed by atoms with Crippen molar-refractivity contribution in [3.05, 3.63) is 96.2 Å². The van der Waals surface area contributed by atoms with Crippen LogP contribution in [0.1, 0.15) is 48.8 Å². The van der Waals surface area contributed by atoms with Gasteiger partial charge in [0.25, 0.3) is 5.91 Å². The maximum atomic E-state index is 14.0. The van der Waals surface area contributed by atoms with Gasteiger partial charge in [-0.15, -0.1) is 0 Å². The minimum absolute atomic E-state index is 0.0601. The minimum atomic E-state index is -0.103. The number of benzene rings is 3. The molecule has 0 aliphatic rings. The minimum Gasteiger partial charge on any atom is -0.378 e. The summed E-state index contributed by atoms with van der Waals surface area (Å²) in [6, 6.07) is 28.4. The van der Waals surface area contributed by atoms with Crippen LogP contribution in [0.25, 0.3) is 22.6 Å². The van der Waals surface area contributed by atoms with Crippen molar-refractivity contribution < 1.29 is 4.79 Å². The zero-order chi connectivity index (χ0) is 24.8. The third kappa shape index (κ3) is 5.29. The summed E-state index contributed by atoms with van der Waals surface area (Å²) in [5.41, 5.74) is 5.40. The fraction of sp³-hybridized carbons (Fsp3) is 0.267. The van der Waals surface area contributed by atoms with Crippen LogP contribution >= 0.6 is 0 Å². The largest absolute Gasteiger partial charge is 0.378 e. The highest BCUT2D eigenvalue weighted by Gasteiger charge is 2.26. The number of carbonyl (C=O) groups excluding carboxylic acids is 1. The first-order valence-electron chi connectivity index (χ1n) is 12.3. The average molecular weight is 467 g/mol. The summed E-state index contributed by atoms with van der Waals surface area (Å²) in [6.45, 7) is 4.84. The van der Waals surface area contributed by atoms with Crippen LogP contribution in [0.2, 0.25) is 0 Å². The van der Waals surface area contributed by atoms with Gasteiger partial charge in [0, 0.05) is 37.5 Å². The molecule has 1 aromatic heterocycles. The van der Waals surface area contributed by atoms with E-state index in [4.69, 9.17) is 4.98 Å². The second-order valence-corrected chi connectivity index (χ2v) is 8.91. The quantitative estimate of drug-likeness (QED) is 0.303. The van der Waals surface area contributed by atoms with E-state index in [0.29, 0.717) is 17.9 Å². The molecule has 3 aromatic carbocycles. The molecule has 180 valence electrons. The van der Waals surface area contributed by atoms with Crippen molar-refractivity contribution >= 4 is 11.6 Å². The number of imidazole rings is 1. The number of rotatable bonds is 9. The van der Waals surface area contributed by atoms with Crippen LogP contribution in [0.15, 0.2) is 84.9 Å². The van der Waals surface area contributed by atoms with Crippen molar-refractivity contribution in [1.29, 1.82) is 0 Å². The fourth-order valence-corrected chi connectivity index (χ4v) is 4.45. The van der Waals surface area contributed by atoms with Gasteiger partial charge in [-0.2, -0.15) is 0 Å². The first-order chi connectivity index (χ1) is 17.0. The number of nitrogens with one attached hydrogen (secondary N) is 1. The van der Waals surface area contributed by atoms with Gasteiger partial charge in [0.05, 0.1) is 6.04 Å². The molecule has 1 unspecified atom stereocenters. The summed E-state index contributed by atoms with van der Waals surface area (Å²) in [7, 11) is 4.03. The lowest BCUT2D eigenvalue weighted by molar-refractivity contribution is 0.0926. The van der Waals surface area contributed by atoms with Crippen molar-refractivity contribution in [2.45, 2.75) is 39.3 Å². The molecule has 1 N–H and O–H groups in total. The second kappa shape index (κ2) is 11.0. The molecular formula is C30H34N4O. The summed E-state index contributed by atoms with van der Waals surface area (Å²) in [5, 5.41) is 3.33. The first kappa shape index (κ1) is 24.3. The predicted molar refractivity (Wildman–Crippen MR) is 145 cm³/mol. The highest BCUT2D eigenvalue weighted by Crippen LogP contribution is 2.32. The Hall–Kier alpha value is -3.86. The van der Waals surface area contributed by atoms with Crippen LogP contribution in [-0.4, -0.2) is 29.6 Å². The van der Waals surface area contributed by atoms with Crippen LogP contribution in [0.5, 0.6) is 0 Å². The van der Waals surface area contributed by atoms with E-state index in [9.17, 15) is 4.79 Å². The van der Waals surface area contributed by atoms with E-state index < -0.39 is 0 Å². The van der Waals surface area contributed by atoms with Crippen LogP contribution in [-0.2, 0) is 6.54 Å². The lowest BCUT2D eigenvalue weighted by Crippen LogP contribution is -2.30. The van der Waals surface area contributed by atoms with Crippen LogP contribution in [0, 0.1) is 0 Å². The molecule has 5 heteroatoms. The molecule has 0 radical (unpaired) electrons. The van der Waals surface area contributed by atoms with E-state index in [1.807, 2.05) is 79.3 Å². The van der Waals surface area contributed by atoms with E-state index in [-0.39, 0.29) is 11.9 Å². The van der Waals surface area contributed by atoms with Gasteiger partial charge in [-0.05, 0) is 31.0 Å². The van der Waals surface area contributed by atoms with Gasteiger partial charge in [0.1, 0.15) is 17.2 Å². The molecular weight excluding hydrogens is 432 g/mol. The van der Waals surface area contributed by atoms with Gasteiger partial charge in [-0.1, -0.05) is 86.1 Å². The van der Waals surface area contributed by atoms with Gasteiger partial charge in [0.15, 0.2) is 0 Å². The Bertz CT molecular complexity index is 1260. The monoisotopic (exact) mass is 466 g/mol. The summed E-state index contributed by atoms with van der Waals surface area (Å²) in [6.07, 6.45) is 1.84. The van der Waals surface area contributed by atoms with E-state index in [2.05, 4.69) is 48.3 Å². The molecule has 4 rings (SSSR count). The molecule has 0 fully saturated rings. The van der Waals surface area contributed by atoms with Gasteiger partial charge >= 0.3 is 0 Å². The van der Waals surface area contributed by atoms with Crippen molar-refractivity contribution in [2.24, 2.45) is 0 Å². The van der Waals surface area contributed by atoms with Gasteiger partial charge in [-0.3, -0.25) is 4.79 Å². The average Bonchev–Trinajstić information content (AvgIpc) is 3.29. The Labute approximate surface area is 208 Å². The number of hydrogen-bond acceptors (Lipinski definition) is 3. The standard InChI is InChI=1S/C30H34N4O/c1-5-14-26(22-15-9-7-10-16-22)31-30(35)28-27(24-19-13-20-25(21-24)33(3)4)32-29(34(28)6-2)23-17-11-8-12-18-23/h7-13,15-21,26H,5-6,14H2,1-4H3,(H,31,35). The van der Waals surface area contributed by atoms with Gasteiger partial charge < -0.3 is 14.8 Å². The zero-order valence-corrected chi connectivity index (χ0v) is 21.0. The molecule has 0 aliphatic heterocycles. The molecule has 0 spiro atoms. The number of hydrogen-bond donors (Lipinski definition) is 1. The smallest absolute Gasteiger partial charge is 0.270 e. The molecule has 0 saturated carbocycles. The Morgan fingerprint density at radius 2 is 1.57 bits per heavy atom.